The second kappa shape index (κ2) is 11.7. The molecule has 3 rings (SSSR count). The predicted molar refractivity (Wildman–Crippen MR) is 144 cm³/mol. The van der Waals surface area contributed by atoms with Crippen molar-refractivity contribution in [1.29, 1.82) is 0 Å². The number of anilines is 1. The van der Waals surface area contributed by atoms with Crippen LogP contribution in [0.1, 0.15) is 70.4 Å². The minimum Gasteiger partial charge on any atom is -0.368 e. The summed E-state index contributed by atoms with van der Waals surface area (Å²) in [5.74, 6) is -1.63. The van der Waals surface area contributed by atoms with Crippen molar-refractivity contribution < 1.29 is 27.2 Å². The van der Waals surface area contributed by atoms with Gasteiger partial charge in [-0.05, 0) is 94.9 Å². The normalized spacial score (nSPS) is 22.4. The topological polar surface area (TPSA) is 139 Å². The van der Waals surface area contributed by atoms with Gasteiger partial charge in [-0.15, -0.1) is 0 Å². The Hall–Kier alpha value is -2.53. The van der Waals surface area contributed by atoms with E-state index in [-0.39, 0.29) is 55.3 Å². The van der Waals surface area contributed by atoms with Crippen LogP contribution < -0.4 is 16.4 Å². The summed E-state index contributed by atoms with van der Waals surface area (Å²) in [6.07, 6.45) is 2.81. The van der Waals surface area contributed by atoms with E-state index >= 15 is 0 Å². The third-order valence-electron chi connectivity index (χ3n) is 8.16. The van der Waals surface area contributed by atoms with E-state index in [2.05, 4.69) is 10.6 Å². The van der Waals surface area contributed by atoms with Gasteiger partial charge in [-0.3, -0.25) is 14.4 Å². The predicted octanol–water partition coefficient (Wildman–Crippen LogP) is 2.82. The summed E-state index contributed by atoms with van der Waals surface area (Å²) in [5.41, 5.74) is 5.52. The van der Waals surface area contributed by atoms with E-state index in [0.29, 0.717) is 37.8 Å². The van der Waals surface area contributed by atoms with Gasteiger partial charge < -0.3 is 16.4 Å². The van der Waals surface area contributed by atoms with E-state index < -0.39 is 27.1 Å². The number of benzene rings is 1. The monoisotopic (exact) mass is 552 g/mol. The van der Waals surface area contributed by atoms with Crippen LogP contribution in [0.4, 0.5) is 10.1 Å². The molecular weight excluding hydrogens is 511 g/mol. The Kier molecular flexibility index (Phi) is 9.24. The highest BCUT2D eigenvalue weighted by Gasteiger charge is 2.45. The number of halogens is 1. The van der Waals surface area contributed by atoms with Gasteiger partial charge in [0, 0.05) is 31.6 Å². The zero-order valence-corrected chi connectivity index (χ0v) is 23.6. The molecule has 1 aromatic rings. The number of alkyl halides is 1. The van der Waals surface area contributed by atoms with Crippen LogP contribution in [0.3, 0.4) is 0 Å². The van der Waals surface area contributed by atoms with Gasteiger partial charge in [-0.2, -0.15) is 0 Å². The molecule has 1 saturated carbocycles. The molecule has 2 aliphatic rings. The van der Waals surface area contributed by atoms with Gasteiger partial charge in [0.25, 0.3) is 0 Å². The molecule has 2 fully saturated rings. The summed E-state index contributed by atoms with van der Waals surface area (Å²) < 4.78 is 41.8. The van der Waals surface area contributed by atoms with E-state index in [1.165, 1.54) is 11.2 Å². The lowest BCUT2D eigenvalue weighted by Gasteiger charge is -2.41. The summed E-state index contributed by atoms with van der Waals surface area (Å²) in [4.78, 5) is 36.7. The van der Waals surface area contributed by atoms with Crippen LogP contribution in [0.25, 0.3) is 0 Å². The summed E-state index contributed by atoms with van der Waals surface area (Å²) in [7, 11) is -3.61. The van der Waals surface area contributed by atoms with E-state index in [0.717, 1.165) is 11.1 Å². The molecule has 0 unspecified atom stereocenters. The van der Waals surface area contributed by atoms with Crippen molar-refractivity contribution in [3.05, 3.63) is 29.3 Å². The molecule has 212 valence electrons. The van der Waals surface area contributed by atoms with Gasteiger partial charge in [0.1, 0.15) is 11.2 Å². The zero-order chi connectivity index (χ0) is 28.3. The molecule has 0 atom stereocenters. The average Bonchev–Trinajstić information content (AvgIpc) is 2.83. The highest BCUT2D eigenvalue weighted by Crippen LogP contribution is 2.38. The number of sulfonamides is 1. The first-order chi connectivity index (χ1) is 17.6. The van der Waals surface area contributed by atoms with Crippen LogP contribution in [0, 0.1) is 18.8 Å². The Bertz CT molecular complexity index is 1150. The van der Waals surface area contributed by atoms with Crippen LogP contribution in [0.2, 0.25) is 0 Å². The van der Waals surface area contributed by atoms with Crippen molar-refractivity contribution in [3.63, 3.8) is 0 Å². The van der Waals surface area contributed by atoms with Gasteiger partial charge in [0.15, 0.2) is 0 Å². The van der Waals surface area contributed by atoms with Gasteiger partial charge in [0.05, 0.1) is 5.75 Å². The smallest absolute Gasteiger partial charge is 0.243 e. The number of primary amides is 1. The number of amides is 3. The quantitative estimate of drug-likeness (QED) is 0.432. The number of carbonyl (C=O) groups is 3. The number of nitrogens with two attached hydrogens (primary N) is 1. The molecule has 0 bridgehead atoms. The standard InChI is InChI=1S/C27H41FN4O5S/c1-18-17-23(30-19(2)33)10-7-20(18)11-16-38(36,37)32-14-12-27(13-15-32,25(29)35)31-24(34)21-5-8-22(9-6-21)26(3,4)28/h7,10,17,21-22H,5-6,8-9,11-16H2,1-4H3,(H2,29,35)(H,30,33)(H,31,34). The van der Waals surface area contributed by atoms with E-state index in [9.17, 15) is 27.2 Å². The first-order valence-electron chi connectivity index (χ1n) is 13.3. The molecule has 11 heteroatoms. The van der Waals surface area contributed by atoms with Gasteiger partial charge in [-0.1, -0.05) is 6.07 Å². The summed E-state index contributed by atoms with van der Waals surface area (Å²) in [5, 5.41) is 5.56. The minimum absolute atomic E-state index is 0.0782. The van der Waals surface area contributed by atoms with Crippen molar-refractivity contribution in [1.82, 2.24) is 9.62 Å². The number of piperidine rings is 1. The van der Waals surface area contributed by atoms with Crippen LogP contribution in [0.5, 0.6) is 0 Å². The van der Waals surface area contributed by atoms with E-state index in [1.807, 2.05) is 13.0 Å². The van der Waals surface area contributed by atoms with Crippen LogP contribution in [-0.4, -0.2) is 60.5 Å². The van der Waals surface area contributed by atoms with Crippen molar-refractivity contribution in [2.45, 2.75) is 83.8 Å². The maximum atomic E-state index is 14.3. The van der Waals surface area contributed by atoms with Crippen LogP contribution >= 0.6 is 0 Å². The molecule has 0 spiro atoms. The number of hydrogen-bond acceptors (Lipinski definition) is 5. The number of nitrogens with one attached hydrogen (secondary N) is 2. The van der Waals surface area contributed by atoms with Gasteiger partial charge in [0.2, 0.25) is 27.7 Å². The minimum atomic E-state index is -3.61. The Balaban J connectivity index is 1.57. The molecule has 38 heavy (non-hydrogen) atoms. The second-order valence-corrected chi connectivity index (χ2v) is 13.4. The molecule has 0 aromatic heterocycles. The second-order valence-electron chi connectivity index (χ2n) is 11.3. The van der Waals surface area contributed by atoms with Crippen molar-refractivity contribution in [2.24, 2.45) is 17.6 Å². The Morgan fingerprint density at radius 1 is 1.13 bits per heavy atom. The van der Waals surface area contributed by atoms with Crippen LogP contribution in [0.15, 0.2) is 18.2 Å². The Morgan fingerprint density at radius 2 is 1.74 bits per heavy atom. The summed E-state index contributed by atoms with van der Waals surface area (Å²) in [6.45, 7) is 6.57. The fourth-order valence-electron chi connectivity index (χ4n) is 5.58. The van der Waals surface area contributed by atoms with E-state index in [4.69, 9.17) is 5.73 Å². The lowest BCUT2D eigenvalue weighted by molar-refractivity contribution is -0.136. The van der Waals surface area contributed by atoms with Crippen molar-refractivity contribution in [3.8, 4) is 0 Å². The number of rotatable bonds is 9. The molecule has 9 nitrogen and oxygen atoms in total. The number of hydrogen-bond donors (Lipinski definition) is 3. The summed E-state index contributed by atoms with van der Waals surface area (Å²) >= 11 is 0. The lowest BCUT2D eigenvalue weighted by Crippen LogP contribution is -2.63. The Morgan fingerprint density at radius 3 is 2.24 bits per heavy atom. The maximum absolute atomic E-state index is 14.3. The third kappa shape index (κ3) is 7.31. The average molecular weight is 553 g/mol. The first-order valence-corrected chi connectivity index (χ1v) is 14.9. The molecule has 0 radical (unpaired) electrons. The molecule has 1 heterocycles. The lowest BCUT2D eigenvalue weighted by atomic mass is 9.75. The third-order valence-corrected chi connectivity index (χ3v) is 10.0. The zero-order valence-electron chi connectivity index (χ0n) is 22.8. The molecule has 4 N–H and O–H groups in total. The maximum Gasteiger partial charge on any atom is 0.243 e. The number of nitrogens with zero attached hydrogens (tertiary/aromatic N) is 1. The molecule has 1 aliphatic heterocycles. The van der Waals surface area contributed by atoms with Gasteiger partial charge >= 0.3 is 0 Å². The molecule has 1 aliphatic carbocycles. The largest absolute Gasteiger partial charge is 0.368 e. The number of carbonyl (C=O) groups excluding carboxylic acids is 3. The van der Waals surface area contributed by atoms with Crippen molar-refractivity contribution in [2.75, 3.05) is 24.2 Å². The van der Waals surface area contributed by atoms with Crippen LogP contribution in [-0.2, 0) is 30.8 Å². The summed E-state index contributed by atoms with van der Waals surface area (Å²) in [6, 6.07) is 5.35. The molecule has 1 saturated heterocycles. The SMILES string of the molecule is CC(=O)Nc1ccc(CCS(=O)(=O)N2CCC(NC(=O)C3CCC(C(C)(C)F)CC3)(C(N)=O)CC2)c(C)c1. The molecular formula is C27H41FN4O5S. The highest BCUT2D eigenvalue weighted by molar-refractivity contribution is 7.89. The Labute approximate surface area is 225 Å². The first kappa shape index (κ1) is 30.0. The van der Waals surface area contributed by atoms with Gasteiger partial charge in [-0.25, -0.2) is 17.1 Å². The highest BCUT2D eigenvalue weighted by atomic mass is 32.2. The molecule has 3 amide bonds. The fourth-order valence-corrected chi connectivity index (χ4v) is 7.06. The van der Waals surface area contributed by atoms with E-state index in [1.54, 1.807) is 26.0 Å². The fraction of sp³-hybridized carbons (Fsp3) is 0.667. The number of aryl methyl sites for hydroxylation is 2. The van der Waals surface area contributed by atoms with Crippen molar-refractivity contribution >= 4 is 33.4 Å². The molecule has 1 aromatic carbocycles.